The van der Waals surface area contributed by atoms with Crippen LogP contribution in [0.2, 0.25) is 0 Å². The van der Waals surface area contributed by atoms with Gasteiger partial charge in [0.05, 0.1) is 5.69 Å². The lowest BCUT2D eigenvalue weighted by molar-refractivity contribution is -0.175. The number of amides is 1. The first-order valence-corrected chi connectivity index (χ1v) is 7.45. The number of halogens is 3. The zero-order valence-corrected chi connectivity index (χ0v) is 13.3. The van der Waals surface area contributed by atoms with Crippen molar-refractivity contribution < 1.29 is 27.4 Å². The Hall–Kier alpha value is -2.61. The number of hydrogen-bond acceptors (Lipinski definition) is 4. The maximum atomic E-state index is 11.9. The SMILES string of the molecule is O=C(COCC(F)(F)F)NCc1cccc(OCc2ccccn2)c1. The summed E-state index contributed by atoms with van der Waals surface area (Å²) in [7, 11) is 0. The molecule has 0 radical (unpaired) electrons. The molecular weight excluding hydrogens is 337 g/mol. The van der Waals surface area contributed by atoms with Gasteiger partial charge in [-0.1, -0.05) is 18.2 Å². The number of benzene rings is 1. The van der Waals surface area contributed by atoms with E-state index in [4.69, 9.17) is 4.74 Å². The van der Waals surface area contributed by atoms with Crippen LogP contribution in [0.1, 0.15) is 11.3 Å². The highest BCUT2D eigenvalue weighted by atomic mass is 19.4. The first kappa shape index (κ1) is 18.7. The smallest absolute Gasteiger partial charge is 0.411 e. The summed E-state index contributed by atoms with van der Waals surface area (Å²) < 4.78 is 45.7. The minimum absolute atomic E-state index is 0.162. The zero-order valence-electron chi connectivity index (χ0n) is 13.3. The molecule has 8 heteroatoms. The van der Waals surface area contributed by atoms with E-state index in [0.29, 0.717) is 12.4 Å². The van der Waals surface area contributed by atoms with Crippen molar-refractivity contribution in [2.45, 2.75) is 19.3 Å². The lowest BCUT2D eigenvalue weighted by Gasteiger charge is -2.10. The van der Waals surface area contributed by atoms with Crippen LogP contribution in [-0.4, -0.2) is 30.3 Å². The van der Waals surface area contributed by atoms with Gasteiger partial charge >= 0.3 is 6.18 Å². The van der Waals surface area contributed by atoms with Crippen LogP contribution >= 0.6 is 0 Å². The first-order valence-electron chi connectivity index (χ1n) is 7.45. The largest absolute Gasteiger partial charge is 0.487 e. The molecule has 0 aliphatic rings. The number of hydrogen-bond donors (Lipinski definition) is 1. The molecule has 0 spiro atoms. The monoisotopic (exact) mass is 354 g/mol. The molecule has 1 aromatic carbocycles. The highest BCUT2D eigenvalue weighted by Crippen LogP contribution is 2.15. The molecule has 0 saturated heterocycles. The highest BCUT2D eigenvalue weighted by molar-refractivity contribution is 5.77. The molecule has 0 unspecified atom stereocenters. The van der Waals surface area contributed by atoms with Gasteiger partial charge in [0.2, 0.25) is 5.91 Å². The number of alkyl halides is 3. The third kappa shape index (κ3) is 7.67. The molecule has 25 heavy (non-hydrogen) atoms. The van der Waals surface area contributed by atoms with Crippen LogP contribution in [-0.2, 0) is 22.7 Å². The molecule has 2 rings (SSSR count). The molecule has 1 aromatic heterocycles. The summed E-state index contributed by atoms with van der Waals surface area (Å²) in [4.78, 5) is 15.6. The Bertz CT molecular complexity index is 678. The number of nitrogens with one attached hydrogen (secondary N) is 1. The van der Waals surface area contributed by atoms with Crippen LogP contribution < -0.4 is 10.1 Å². The van der Waals surface area contributed by atoms with E-state index in [-0.39, 0.29) is 6.54 Å². The molecule has 0 fully saturated rings. The van der Waals surface area contributed by atoms with E-state index in [1.165, 1.54) is 0 Å². The van der Waals surface area contributed by atoms with Crippen molar-refractivity contribution in [3.8, 4) is 5.75 Å². The van der Waals surface area contributed by atoms with Gasteiger partial charge < -0.3 is 14.8 Å². The number of carbonyl (C=O) groups is 1. The van der Waals surface area contributed by atoms with Crippen molar-refractivity contribution in [1.82, 2.24) is 10.3 Å². The number of rotatable bonds is 8. The van der Waals surface area contributed by atoms with E-state index < -0.39 is 25.3 Å². The fourth-order valence-corrected chi connectivity index (χ4v) is 1.90. The minimum Gasteiger partial charge on any atom is -0.487 e. The summed E-state index contributed by atoms with van der Waals surface area (Å²) in [6.07, 6.45) is -2.77. The summed E-state index contributed by atoms with van der Waals surface area (Å²) >= 11 is 0. The number of pyridine rings is 1. The fraction of sp³-hybridized carbons (Fsp3) is 0.294. The quantitative estimate of drug-likeness (QED) is 0.792. The highest BCUT2D eigenvalue weighted by Gasteiger charge is 2.27. The van der Waals surface area contributed by atoms with E-state index in [1.807, 2.05) is 18.2 Å². The van der Waals surface area contributed by atoms with Gasteiger partial charge in [0.15, 0.2) is 0 Å². The Kier molecular flexibility index (Phi) is 6.76. The molecule has 0 bridgehead atoms. The summed E-state index contributed by atoms with van der Waals surface area (Å²) in [6.45, 7) is -1.62. The number of nitrogens with zero attached hydrogens (tertiary/aromatic N) is 1. The maximum absolute atomic E-state index is 11.9. The Morgan fingerprint density at radius 2 is 2.00 bits per heavy atom. The molecule has 0 aliphatic carbocycles. The molecule has 0 atom stereocenters. The fourth-order valence-electron chi connectivity index (χ4n) is 1.90. The zero-order chi connectivity index (χ0) is 18.1. The Morgan fingerprint density at radius 3 is 2.72 bits per heavy atom. The van der Waals surface area contributed by atoms with E-state index in [1.54, 1.807) is 30.5 Å². The third-order valence-corrected chi connectivity index (χ3v) is 3.00. The Balaban J connectivity index is 1.76. The summed E-state index contributed by atoms with van der Waals surface area (Å²) in [6, 6.07) is 12.5. The Labute approximate surface area is 142 Å². The first-order chi connectivity index (χ1) is 11.9. The summed E-state index contributed by atoms with van der Waals surface area (Å²) in [5.41, 5.74) is 1.53. The van der Waals surface area contributed by atoms with Crippen LogP contribution in [0.15, 0.2) is 48.7 Å². The van der Waals surface area contributed by atoms with Crippen LogP contribution in [0, 0.1) is 0 Å². The molecule has 1 amide bonds. The average molecular weight is 354 g/mol. The normalized spacial score (nSPS) is 11.2. The van der Waals surface area contributed by atoms with Gasteiger partial charge in [-0.25, -0.2) is 0 Å². The van der Waals surface area contributed by atoms with Crippen molar-refractivity contribution in [2.24, 2.45) is 0 Å². The maximum Gasteiger partial charge on any atom is 0.411 e. The second kappa shape index (κ2) is 9.03. The molecule has 0 saturated carbocycles. The van der Waals surface area contributed by atoms with Crippen molar-refractivity contribution in [3.63, 3.8) is 0 Å². The second-order valence-corrected chi connectivity index (χ2v) is 5.14. The molecule has 5 nitrogen and oxygen atoms in total. The van der Waals surface area contributed by atoms with Gasteiger partial charge in [0.25, 0.3) is 0 Å². The van der Waals surface area contributed by atoms with Crippen LogP contribution in [0.3, 0.4) is 0 Å². The lowest BCUT2D eigenvalue weighted by Crippen LogP contribution is -2.29. The van der Waals surface area contributed by atoms with Crippen molar-refractivity contribution in [1.29, 1.82) is 0 Å². The molecule has 2 aromatic rings. The number of carbonyl (C=O) groups excluding carboxylic acids is 1. The number of ether oxygens (including phenoxy) is 2. The lowest BCUT2D eigenvalue weighted by atomic mass is 10.2. The Morgan fingerprint density at radius 1 is 1.16 bits per heavy atom. The van der Waals surface area contributed by atoms with E-state index in [2.05, 4.69) is 15.0 Å². The molecular formula is C17H17F3N2O3. The van der Waals surface area contributed by atoms with Gasteiger partial charge in [0.1, 0.15) is 25.6 Å². The molecule has 0 aliphatic heterocycles. The van der Waals surface area contributed by atoms with Gasteiger partial charge in [-0.3, -0.25) is 9.78 Å². The molecule has 1 heterocycles. The predicted molar refractivity (Wildman–Crippen MR) is 83.7 cm³/mol. The van der Waals surface area contributed by atoms with Gasteiger partial charge in [-0.2, -0.15) is 13.2 Å². The summed E-state index contributed by atoms with van der Waals surface area (Å²) in [5, 5.41) is 2.49. The van der Waals surface area contributed by atoms with Crippen molar-refractivity contribution >= 4 is 5.91 Å². The van der Waals surface area contributed by atoms with E-state index in [9.17, 15) is 18.0 Å². The van der Waals surface area contributed by atoms with Crippen molar-refractivity contribution in [2.75, 3.05) is 13.2 Å². The topological polar surface area (TPSA) is 60.5 Å². The van der Waals surface area contributed by atoms with E-state index in [0.717, 1.165) is 11.3 Å². The molecule has 1 N–H and O–H groups in total. The minimum atomic E-state index is -4.44. The van der Waals surface area contributed by atoms with Gasteiger partial charge in [0, 0.05) is 12.7 Å². The number of aromatic nitrogens is 1. The third-order valence-electron chi connectivity index (χ3n) is 3.00. The molecule has 134 valence electrons. The van der Waals surface area contributed by atoms with Gasteiger partial charge in [-0.15, -0.1) is 0 Å². The summed E-state index contributed by atoms with van der Waals surface area (Å²) in [5.74, 6) is -0.0187. The second-order valence-electron chi connectivity index (χ2n) is 5.14. The van der Waals surface area contributed by atoms with Crippen LogP contribution in [0.25, 0.3) is 0 Å². The van der Waals surface area contributed by atoms with Crippen molar-refractivity contribution in [3.05, 3.63) is 59.9 Å². The van der Waals surface area contributed by atoms with Crippen LogP contribution in [0.4, 0.5) is 13.2 Å². The van der Waals surface area contributed by atoms with Gasteiger partial charge in [-0.05, 0) is 29.8 Å². The average Bonchev–Trinajstić information content (AvgIpc) is 2.58. The van der Waals surface area contributed by atoms with Crippen LogP contribution in [0.5, 0.6) is 5.75 Å². The van der Waals surface area contributed by atoms with E-state index >= 15 is 0 Å². The predicted octanol–water partition coefficient (Wildman–Crippen LogP) is 2.86. The standard InChI is InChI=1S/C17H17F3N2O3/c18-17(19,20)12-24-11-16(23)22-9-13-4-3-6-15(8-13)25-10-14-5-1-2-7-21-14/h1-8H,9-12H2,(H,22,23).